The van der Waals surface area contributed by atoms with Crippen LogP contribution in [0.1, 0.15) is 15.4 Å². The number of carbonyl (C=O) groups excluding carboxylic acids is 1. The number of nitrogens with zero attached hydrogens (tertiary/aromatic N) is 1. The molecule has 2 aromatic heterocycles. The zero-order chi connectivity index (χ0) is 19.7. The fraction of sp³-hybridized carbons (Fsp3) is 0.0952. The van der Waals surface area contributed by atoms with E-state index in [0.717, 1.165) is 26.5 Å². The quantitative estimate of drug-likeness (QED) is 0.545. The first-order chi connectivity index (χ1) is 13.5. The maximum atomic E-state index is 12.5. The van der Waals surface area contributed by atoms with Gasteiger partial charge in [0.1, 0.15) is 11.3 Å². The Morgan fingerprint density at radius 3 is 2.61 bits per heavy atom. The number of methoxy groups -OCH3 is 1. The molecular formula is C21H17N3O3S. The Kier molecular flexibility index (Phi) is 4.67. The van der Waals surface area contributed by atoms with Gasteiger partial charge in [-0.2, -0.15) is 0 Å². The van der Waals surface area contributed by atoms with Crippen molar-refractivity contribution in [3.05, 3.63) is 75.5 Å². The van der Waals surface area contributed by atoms with Gasteiger partial charge in [-0.05, 0) is 67.1 Å². The molecule has 0 spiro atoms. The standard InChI is InChI=1S/C21H17N3O3S/c1-12-22-18-9-5-14(11-19(18)28-12)23-20(25)16-8-10-17(24-21(16)26)13-3-6-15(27-2)7-4-13/h3-11H,1-2H3,(H,23,25)(H,24,26). The first-order valence-corrected chi connectivity index (χ1v) is 9.41. The van der Waals surface area contributed by atoms with Gasteiger partial charge >= 0.3 is 0 Å². The number of pyridine rings is 1. The van der Waals surface area contributed by atoms with Crippen molar-refractivity contribution < 1.29 is 9.53 Å². The zero-order valence-electron chi connectivity index (χ0n) is 15.3. The highest BCUT2D eigenvalue weighted by Crippen LogP contribution is 2.25. The van der Waals surface area contributed by atoms with Crippen molar-refractivity contribution in [1.82, 2.24) is 9.97 Å². The first-order valence-electron chi connectivity index (χ1n) is 8.60. The van der Waals surface area contributed by atoms with E-state index in [1.54, 1.807) is 30.6 Å². The third-order valence-corrected chi connectivity index (χ3v) is 5.24. The fourth-order valence-electron chi connectivity index (χ4n) is 2.91. The molecule has 4 aromatic rings. The van der Waals surface area contributed by atoms with Gasteiger partial charge in [-0.15, -0.1) is 11.3 Å². The lowest BCUT2D eigenvalue weighted by Crippen LogP contribution is -2.23. The zero-order valence-corrected chi connectivity index (χ0v) is 16.1. The second-order valence-corrected chi connectivity index (χ2v) is 7.45. The molecule has 28 heavy (non-hydrogen) atoms. The van der Waals surface area contributed by atoms with Gasteiger partial charge in [-0.3, -0.25) is 9.59 Å². The molecule has 2 aromatic carbocycles. The number of aromatic nitrogens is 2. The summed E-state index contributed by atoms with van der Waals surface area (Å²) in [4.78, 5) is 32.1. The van der Waals surface area contributed by atoms with E-state index in [-0.39, 0.29) is 5.56 Å². The number of thiazole rings is 1. The molecule has 0 unspecified atom stereocenters. The molecule has 0 atom stereocenters. The van der Waals surface area contributed by atoms with E-state index in [2.05, 4.69) is 15.3 Å². The Morgan fingerprint density at radius 2 is 1.89 bits per heavy atom. The monoisotopic (exact) mass is 391 g/mol. The SMILES string of the molecule is COc1ccc(-c2ccc(C(=O)Nc3ccc4nc(C)sc4c3)c(=O)[nH]2)cc1. The highest BCUT2D eigenvalue weighted by atomic mass is 32.1. The number of fused-ring (bicyclic) bond motifs is 1. The summed E-state index contributed by atoms with van der Waals surface area (Å²) in [7, 11) is 1.60. The Morgan fingerprint density at radius 1 is 1.11 bits per heavy atom. The molecule has 2 heterocycles. The van der Waals surface area contributed by atoms with Crippen LogP contribution in [-0.4, -0.2) is 23.0 Å². The maximum absolute atomic E-state index is 12.5. The van der Waals surface area contributed by atoms with Crippen molar-refractivity contribution in [3.63, 3.8) is 0 Å². The van der Waals surface area contributed by atoms with Crippen LogP contribution in [-0.2, 0) is 0 Å². The molecule has 140 valence electrons. The molecule has 4 rings (SSSR count). The number of anilines is 1. The summed E-state index contributed by atoms with van der Waals surface area (Å²) in [5, 5.41) is 3.74. The van der Waals surface area contributed by atoms with Crippen LogP contribution < -0.4 is 15.6 Å². The normalized spacial score (nSPS) is 10.8. The van der Waals surface area contributed by atoms with Gasteiger partial charge < -0.3 is 15.0 Å². The lowest BCUT2D eigenvalue weighted by atomic mass is 10.1. The number of benzene rings is 2. The van der Waals surface area contributed by atoms with Crippen molar-refractivity contribution in [2.75, 3.05) is 12.4 Å². The highest BCUT2D eigenvalue weighted by Gasteiger charge is 2.13. The van der Waals surface area contributed by atoms with Gasteiger partial charge in [0.25, 0.3) is 11.5 Å². The maximum Gasteiger partial charge on any atom is 0.261 e. The van der Waals surface area contributed by atoms with Crippen LogP contribution >= 0.6 is 11.3 Å². The van der Waals surface area contributed by atoms with Crippen LogP contribution in [0.3, 0.4) is 0 Å². The number of nitrogens with one attached hydrogen (secondary N) is 2. The van der Waals surface area contributed by atoms with Crippen LogP contribution in [0, 0.1) is 6.92 Å². The number of aryl methyl sites for hydroxylation is 1. The van der Waals surface area contributed by atoms with E-state index in [1.807, 2.05) is 43.3 Å². The number of hydrogen-bond acceptors (Lipinski definition) is 5. The molecule has 0 saturated heterocycles. The largest absolute Gasteiger partial charge is 0.497 e. The molecule has 0 aliphatic heterocycles. The predicted molar refractivity (Wildman–Crippen MR) is 111 cm³/mol. The molecule has 1 amide bonds. The fourth-order valence-corrected chi connectivity index (χ4v) is 3.77. The molecule has 7 heteroatoms. The van der Waals surface area contributed by atoms with E-state index in [4.69, 9.17) is 4.74 Å². The third-order valence-electron chi connectivity index (χ3n) is 4.31. The van der Waals surface area contributed by atoms with Crippen molar-refractivity contribution in [3.8, 4) is 17.0 Å². The van der Waals surface area contributed by atoms with E-state index >= 15 is 0 Å². The summed E-state index contributed by atoms with van der Waals surface area (Å²) < 4.78 is 6.12. The second kappa shape index (κ2) is 7.28. The number of ether oxygens (including phenoxy) is 1. The lowest BCUT2D eigenvalue weighted by molar-refractivity contribution is 0.102. The summed E-state index contributed by atoms with van der Waals surface area (Å²) in [6.45, 7) is 1.94. The topological polar surface area (TPSA) is 84.1 Å². The molecular weight excluding hydrogens is 374 g/mol. The Bertz CT molecular complexity index is 1230. The van der Waals surface area contributed by atoms with Crippen LogP contribution in [0.5, 0.6) is 5.75 Å². The van der Waals surface area contributed by atoms with Crippen molar-refractivity contribution in [1.29, 1.82) is 0 Å². The van der Waals surface area contributed by atoms with Crippen molar-refractivity contribution in [2.24, 2.45) is 0 Å². The van der Waals surface area contributed by atoms with Crippen molar-refractivity contribution in [2.45, 2.75) is 6.92 Å². The Balaban J connectivity index is 1.57. The first kappa shape index (κ1) is 17.9. The number of hydrogen-bond donors (Lipinski definition) is 2. The summed E-state index contributed by atoms with van der Waals surface area (Å²) in [6, 6.07) is 16.0. The summed E-state index contributed by atoms with van der Waals surface area (Å²) in [6.07, 6.45) is 0. The predicted octanol–water partition coefficient (Wildman–Crippen LogP) is 4.22. The van der Waals surface area contributed by atoms with Gasteiger partial charge in [-0.1, -0.05) is 0 Å². The van der Waals surface area contributed by atoms with Gasteiger partial charge in [0.15, 0.2) is 0 Å². The van der Waals surface area contributed by atoms with Crippen molar-refractivity contribution >= 4 is 33.1 Å². The van der Waals surface area contributed by atoms with Gasteiger partial charge in [0.05, 0.1) is 22.3 Å². The minimum atomic E-state index is -0.455. The van der Waals surface area contributed by atoms with Gasteiger partial charge in [-0.25, -0.2) is 4.98 Å². The average molecular weight is 391 g/mol. The number of amides is 1. The molecule has 0 saturated carbocycles. The molecule has 0 radical (unpaired) electrons. The Hall–Kier alpha value is -3.45. The highest BCUT2D eigenvalue weighted by molar-refractivity contribution is 7.18. The van der Waals surface area contributed by atoms with E-state index < -0.39 is 11.5 Å². The number of carbonyl (C=O) groups is 1. The smallest absolute Gasteiger partial charge is 0.261 e. The molecule has 6 nitrogen and oxygen atoms in total. The lowest BCUT2D eigenvalue weighted by Gasteiger charge is -2.07. The summed E-state index contributed by atoms with van der Waals surface area (Å²) in [5.74, 6) is 0.276. The molecule has 0 bridgehead atoms. The number of rotatable bonds is 4. The minimum absolute atomic E-state index is 0.0536. The van der Waals surface area contributed by atoms with Crippen LogP contribution in [0.15, 0.2) is 59.4 Å². The van der Waals surface area contributed by atoms with Crippen LogP contribution in [0.2, 0.25) is 0 Å². The molecule has 0 fully saturated rings. The average Bonchev–Trinajstić information content (AvgIpc) is 3.07. The summed E-state index contributed by atoms with van der Waals surface area (Å²) in [5.41, 5.74) is 2.59. The van der Waals surface area contributed by atoms with Gasteiger partial charge in [0.2, 0.25) is 0 Å². The number of H-pyrrole nitrogens is 1. The number of aromatic amines is 1. The van der Waals surface area contributed by atoms with E-state index in [9.17, 15) is 9.59 Å². The van der Waals surface area contributed by atoms with Crippen LogP contribution in [0.4, 0.5) is 5.69 Å². The summed E-state index contributed by atoms with van der Waals surface area (Å²) >= 11 is 1.56. The molecule has 0 aliphatic carbocycles. The van der Waals surface area contributed by atoms with Crippen LogP contribution in [0.25, 0.3) is 21.5 Å². The van der Waals surface area contributed by atoms with Gasteiger partial charge in [0, 0.05) is 11.4 Å². The Labute approximate surface area is 164 Å². The minimum Gasteiger partial charge on any atom is -0.497 e. The second-order valence-electron chi connectivity index (χ2n) is 6.21. The van der Waals surface area contributed by atoms with E-state index in [0.29, 0.717) is 11.4 Å². The third kappa shape index (κ3) is 3.52. The van der Waals surface area contributed by atoms with E-state index in [1.165, 1.54) is 6.07 Å². The molecule has 2 N–H and O–H groups in total. The molecule has 0 aliphatic rings.